The number of amides is 1. The third kappa shape index (κ3) is 2.69. The molecule has 0 aliphatic carbocycles. The molecule has 0 spiro atoms. The summed E-state index contributed by atoms with van der Waals surface area (Å²) in [6.07, 6.45) is 7.02. The Bertz CT molecular complexity index is 415. The molecule has 92 valence electrons. The van der Waals surface area contributed by atoms with Gasteiger partial charge in [-0.25, -0.2) is 0 Å². The Hall–Kier alpha value is -1.29. The lowest BCUT2D eigenvalue weighted by atomic mass is 10.2. The summed E-state index contributed by atoms with van der Waals surface area (Å²) < 4.78 is 0. The van der Waals surface area contributed by atoms with E-state index in [0.29, 0.717) is 0 Å². The topological polar surface area (TPSA) is 53.4 Å². The average molecular weight is 255 g/mol. The number of rotatable bonds is 1. The monoisotopic (exact) mass is 254 g/mol. The van der Waals surface area contributed by atoms with Gasteiger partial charge in [-0.05, 0) is 12.8 Å². The summed E-state index contributed by atoms with van der Waals surface area (Å²) in [6.45, 7) is 1.51. The van der Waals surface area contributed by atoms with Crippen molar-refractivity contribution in [3.63, 3.8) is 0 Å². The van der Waals surface area contributed by atoms with Crippen LogP contribution in [0.25, 0.3) is 0 Å². The van der Waals surface area contributed by atoms with E-state index in [1.807, 2.05) is 0 Å². The van der Waals surface area contributed by atoms with Crippen LogP contribution in [0.15, 0.2) is 12.4 Å². The van der Waals surface area contributed by atoms with Gasteiger partial charge >= 0.3 is 0 Å². The molecular weight excluding hydrogens is 240 g/mol. The molecule has 1 fully saturated rings. The second-order valence-electron chi connectivity index (χ2n) is 4.23. The van der Waals surface area contributed by atoms with Gasteiger partial charge in [-0.3, -0.25) is 9.78 Å². The first-order valence-electron chi connectivity index (χ1n) is 5.82. The Balaban J connectivity index is 2.20. The third-order valence-electron chi connectivity index (χ3n) is 2.99. The molecule has 1 aromatic rings. The van der Waals surface area contributed by atoms with E-state index in [1.54, 1.807) is 4.90 Å². The summed E-state index contributed by atoms with van der Waals surface area (Å²) in [4.78, 5) is 17.8. The van der Waals surface area contributed by atoms with Crippen molar-refractivity contribution in [1.29, 1.82) is 0 Å². The van der Waals surface area contributed by atoms with Crippen molar-refractivity contribution in [1.82, 2.24) is 9.88 Å². The van der Waals surface area contributed by atoms with Crippen LogP contribution in [0, 0.1) is 0 Å². The zero-order chi connectivity index (χ0) is 12.3. The van der Waals surface area contributed by atoms with Crippen LogP contribution >= 0.6 is 11.6 Å². The van der Waals surface area contributed by atoms with E-state index in [1.165, 1.54) is 12.4 Å². The number of carbonyl (C=O) groups is 1. The van der Waals surface area contributed by atoms with Gasteiger partial charge in [-0.2, -0.15) is 0 Å². The first-order valence-corrected chi connectivity index (χ1v) is 6.19. The summed E-state index contributed by atoms with van der Waals surface area (Å²) in [5.41, 5.74) is 0.286. The Kier molecular flexibility index (Phi) is 3.84. The van der Waals surface area contributed by atoms with E-state index in [2.05, 4.69) is 4.98 Å². The molecule has 1 aliphatic rings. The van der Waals surface area contributed by atoms with E-state index in [-0.39, 0.29) is 22.2 Å². The van der Waals surface area contributed by atoms with Crippen molar-refractivity contribution in [3.8, 4) is 5.75 Å². The van der Waals surface area contributed by atoms with Gasteiger partial charge in [0, 0.05) is 19.3 Å². The third-order valence-corrected chi connectivity index (χ3v) is 3.38. The number of likely N-dealkylation sites (tertiary alicyclic amines) is 1. The number of aromatic nitrogens is 1. The summed E-state index contributed by atoms with van der Waals surface area (Å²) in [5.74, 6) is -0.285. The molecule has 1 aliphatic heterocycles. The Morgan fingerprint density at radius 2 is 1.88 bits per heavy atom. The van der Waals surface area contributed by atoms with Crippen molar-refractivity contribution in [2.24, 2.45) is 0 Å². The Morgan fingerprint density at radius 3 is 2.53 bits per heavy atom. The van der Waals surface area contributed by atoms with Crippen molar-refractivity contribution < 1.29 is 9.90 Å². The molecular formula is C12H15ClN2O2. The molecule has 5 heteroatoms. The molecule has 2 rings (SSSR count). The summed E-state index contributed by atoms with van der Waals surface area (Å²) in [6, 6.07) is 0. The maximum Gasteiger partial charge on any atom is 0.257 e. The molecule has 0 saturated carbocycles. The smallest absolute Gasteiger partial charge is 0.257 e. The Labute approximate surface area is 105 Å². The van der Waals surface area contributed by atoms with E-state index in [4.69, 9.17) is 11.6 Å². The number of nitrogens with zero attached hydrogens (tertiary/aromatic N) is 2. The van der Waals surface area contributed by atoms with Crippen molar-refractivity contribution in [3.05, 3.63) is 23.0 Å². The predicted octanol–water partition coefficient (Wildman–Crippen LogP) is 2.46. The number of halogens is 1. The highest BCUT2D eigenvalue weighted by Crippen LogP contribution is 2.26. The molecule has 0 radical (unpaired) electrons. The first kappa shape index (κ1) is 12.2. The molecule has 1 N–H and O–H groups in total. The Morgan fingerprint density at radius 1 is 1.24 bits per heavy atom. The molecule has 2 heterocycles. The number of hydrogen-bond donors (Lipinski definition) is 1. The lowest BCUT2D eigenvalue weighted by Gasteiger charge is -2.20. The fourth-order valence-corrected chi connectivity index (χ4v) is 2.21. The van der Waals surface area contributed by atoms with Gasteiger partial charge in [0.2, 0.25) is 0 Å². The molecule has 17 heavy (non-hydrogen) atoms. The lowest BCUT2D eigenvalue weighted by molar-refractivity contribution is 0.0761. The molecule has 0 unspecified atom stereocenters. The minimum Gasteiger partial charge on any atom is -0.505 e. The maximum atomic E-state index is 12.2. The first-order chi connectivity index (χ1) is 8.20. The molecule has 0 aromatic carbocycles. The van der Waals surface area contributed by atoms with Gasteiger partial charge in [0.1, 0.15) is 0 Å². The second-order valence-corrected chi connectivity index (χ2v) is 4.60. The van der Waals surface area contributed by atoms with Crippen molar-refractivity contribution in [2.45, 2.75) is 25.7 Å². The molecule has 4 nitrogen and oxygen atoms in total. The van der Waals surface area contributed by atoms with Crippen LogP contribution in [-0.2, 0) is 0 Å². The van der Waals surface area contributed by atoms with Crippen molar-refractivity contribution in [2.75, 3.05) is 13.1 Å². The molecule has 1 saturated heterocycles. The summed E-state index contributed by atoms with van der Waals surface area (Å²) in [5, 5.41) is 9.53. The van der Waals surface area contributed by atoms with Gasteiger partial charge in [0.15, 0.2) is 5.75 Å². The normalized spacial score (nSPS) is 16.6. The van der Waals surface area contributed by atoms with Crippen LogP contribution < -0.4 is 0 Å². The largest absolute Gasteiger partial charge is 0.505 e. The zero-order valence-electron chi connectivity index (χ0n) is 9.53. The van der Waals surface area contributed by atoms with Crippen LogP contribution in [0.4, 0.5) is 0 Å². The predicted molar refractivity (Wildman–Crippen MR) is 65.3 cm³/mol. The lowest BCUT2D eigenvalue weighted by Crippen LogP contribution is -2.32. The minimum absolute atomic E-state index is 0.0919. The molecule has 1 aromatic heterocycles. The minimum atomic E-state index is -0.146. The second kappa shape index (κ2) is 5.36. The number of carbonyl (C=O) groups excluding carboxylic acids is 1. The van der Waals surface area contributed by atoms with Crippen LogP contribution in [0.2, 0.25) is 5.02 Å². The van der Waals surface area contributed by atoms with Crippen LogP contribution in [0.1, 0.15) is 36.0 Å². The van der Waals surface area contributed by atoms with Crippen LogP contribution in [0.3, 0.4) is 0 Å². The number of hydrogen-bond acceptors (Lipinski definition) is 3. The molecule has 0 atom stereocenters. The zero-order valence-corrected chi connectivity index (χ0v) is 10.3. The van der Waals surface area contributed by atoms with Gasteiger partial charge in [-0.15, -0.1) is 0 Å². The average Bonchev–Trinajstić information content (AvgIpc) is 2.60. The SMILES string of the molecule is O=C(c1cncc(O)c1Cl)N1CCCCCC1. The van der Waals surface area contributed by atoms with E-state index >= 15 is 0 Å². The fraction of sp³-hybridized carbons (Fsp3) is 0.500. The number of pyridine rings is 1. The van der Waals surface area contributed by atoms with Gasteiger partial charge in [0.05, 0.1) is 16.8 Å². The molecule has 1 amide bonds. The summed E-state index contributed by atoms with van der Waals surface area (Å²) in [7, 11) is 0. The van der Waals surface area contributed by atoms with E-state index < -0.39 is 0 Å². The number of aromatic hydroxyl groups is 1. The highest BCUT2D eigenvalue weighted by molar-refractivity contribution is 6.35. The maximum absolute atomic E-state index is 12.2. The highest BCUT2D eigenvalue weighted by Gasteiger charge is 2.21. The summed E-state index contributed by atoms with van der Waals surface area (Å²) >= 11 is 5.91. The van der Waals surface area contributed by atoms with Gasteiger partial charge < -0.3 is 10.0 Å². The van der Waals surface area contributed by atoms with Crippen molar-refractivity contribution >= 4 is 17.5 Å². The van der Waals surface area contributed by atoms with E-state index in [0.717, 1.165) is 38.8 Å². The molecule has 0 bridgehead atoms. The van der Waals surface area contributed by atoms with E-state index in [9.17, 15) is 9.90 Å². The van der Waals surface area contributed by atoms with Gasteiger partial charge in [-0.1, -0.05) is 24.4 Å². The van der Waals surface area contributed by atoms with Crippen LogP contribution in [0.5, 0.6) is 5.75 Å². The van der Waals surface area contributed by atoms with Crippen LogP contribution in [-0.4, -0.2) is 34.0 Å². The quantitative estimate of drug-likeness (QED) is 0.838. The standard InChI is InChI=1S/C12H15ClN2O2/c13-11-9(7-14-8-10(11)16)12(17)15-5-3-1-2-4-6-15/h7-8,16H,1-6H2. The highest BCUT2D eigenvalue weighted by atomic mass is 35.5. The fourth-order valence-electron chi connectivity index (χ4n) is 2.03. The van der Waals surface area contributed by atoms with Gasteiger partial charge in [0.25, 0.3) is 5.91 Å².